The molecule has 100 valence electrons. The van der Waals surface area contributed by atoms with Gasteiger partial charge in [0, 0.05) is 20.1 Å². The first kappa shape index (κ1) is 13.5. The van der Waals surface area contributed by atoms with Crippen molar-refractivity contribution in [3.05, 3.63) is 29.8 Å². The summed E-state index contributed by atoms with van der Waals surface area (Å²) in [5.74, 6) is 0. The number of hydrogen-bond acceptors (Lipinski definition) is 4. The third kappa shape index (κ3) is 2.42. The van der Waals surface area contributed by atoms with Gasteiger partial charge in [0.05, 0.1) is 17.0 Å². The molecular formula is C12H18N2O3S. The number of likely N-dealkylation sites (N-methyl/N-ethyl adjacent to an activating group) is 1. The maximum Gasteiger partial charge on any atom is 0.243 e. The monoisotopic (exact) mass is 270 g/mol. The second-order valence-electron chi connectivity index (χ2n) is 4.63. The average molecular weight is 270 g/mol. The van der Waals surface area contributed by atoms with Crippen LogP contribution in [0.15, 0.2) is 29.2 Å². The van der Waals surface area contributed by atoms with Crippen molar-refractivity contribution in [2.24, 2.45) is 0 Å². The number of rotatable bonds is 3. The van der Waals surface area contributed by atoms with Crippen molar-refractivity contribution in [1.29, 1.82) is 0 Å². The molecule has 2 atom stereocenters. The number of β-amino-alcohol motifs (C(OH)–C–C–N with tert-alkyl or cyclic N) is 1. The summed E-state index contributed by atoms with van der Waals surface area (Å²) in [6.45, 7) is 2.81. The molecule has 1 fully saturated rings. The van der Waals surface area contributed by atoms with Gasteiger partial charge in [-0.05, 0) is 19.1 Å². The summed E-state index contributed by atoms with van der Waals surface area (Å²) < 4.78 is 26.0. The van der Waals surface area contributed by atoms with Gasteiger partial charge in [-0.15, -0.1) is 0 Å². The fourth-order valence-electron chi connectivity index (χ4n) is 2.08. The lowest BCUT2D eigenvalue weighted by atomic mass is 10.2. The van der Waals surface area contributed by atoms with Gasteiger partial charge in [0.15, 0.2) is 0 Å². The Hall–Kier alpha value is -0.950. The zero-order valence-corrected chi connectivity index (χ0v) is 11.3. The van der Waals surface area contributed by atoms with Gasteiger partial charge in [0.2, 0.25) is 10.0 Å². The number of sulfonamides is 1. The van der Waals surface area contributed by atoms with Crippen molar-refractivity contribution in [2.45, 2.75) is 24.0 Å². The summed E-state index contributed by atoms with van der Waals surface area (Å²) in [6, 6.07) is 6.32. The van der Waals surface area contributed by atoms with Crippen molar-refractivity contribution < 1.29 is 13.5 Å². The highest BCUT2D eigenvalue weighted by atomic mass is 32.2. The zero-order valence-electron chi connectivity index (χ0n) is 10.5. The molecule has 1 aliphatic rings. The highest BCUT2D eigenvalue weighted by Crippen LogP contribution is 2.19. The molecule has 5 nitrogen and oxygen atoms in total. The average Bonchev–Trinajstić information content (AvgIpc) is 2.75. The molecule has 0 aromatic heterocycles. The zero-order chi connectivity index (χ0) is 13.3. The topological polar surface area (TPSA) is 69.6 Å². The van der Waals surface area contributed by atoms with E-state index in [0.29, 0.717) is 13.1 Å². The van der Waals surface area contributed by atoms with Gasteiger partial charge < -0.3 is 10.4 Å². The molecule has 1 heterocycles. The van der Waals surface area contributed by atoms with Crippen LogP contribution in [0.1, 0.15) is 5.56 Å². The summed E-state index contributed by atoms with van der Waals surface area (Å²) in [6.07, 6.45) is -0.657. The van der Waals surface area contributed by atoms with Crippen molar-refractivity contribution >= 4 is 10.0 Å². The highest BCUT2D eigenvalue weighted by molar-refractivity contribution is 7.89. The van der Waals surface area contributed by atoms with E-state index in [2.05, 4.69) is 5.32 Å². The molecule has 1 aromatic carbocycles. The van der Waals surface area contributed by atoms with Crippen LogP contribution in [0.5, 0.6) is 0 Å². The molecule has 0 spiro atoms. The van der Waals surface area contributed by atoms with Gasteiger partial charge >= 0.3 is 0 Å². The van der Waals surface area contributed by atoms with Gasteiger partial charge in [0.1, 0.15) is 0 Å². The SMILES string of the molecule is Cc1ccc(S(=O)(=O)N(C)[C@H]2CNC[C@@H]2O)cc1. The van der Waals surface area contributed by atoms with E-state index in [1.807, 2.05) is 6.92 Å². The summed E-state index contributed by atoms with van der Waals surface area (Å²) in [5, 5.41) is 12.7. The molecule has 0 aliphatic carbocycles. The van der Waals surface area contributed by atoms with Gasteiger partial charge in [-0.2, -0.15) is 4.31 Å². The smallest absolute Gasteiger partial charge is 0.243 e. The van der Waals surface area contributed by atoms with E-state index in [1.54, 1.807) is 24.3 Å². The van der Waals surface area contributed by atoms with Gasteiger partial charge in [-0.1, -0.05) is 17.7 Å². The number of nitrogens with zero attached hydrogens (tertiary/aromatic N) is 1. The van der Waals surface area contributed by atoms with Crippen molar-refractivity contribution in [3.8, 4) is 0 Å². The molecule has 1 aliphatic heterocycles. The van der Waals surface area contributed by atoms with Crippen LogP contribution in [-0.4, -0.2) is 50.1 Å². The van der Waals surface area contributed by atoms with Gasteiger partial charge in [-0.25, -0.2) is 8.42 Å². The Labute approximate surface area is 107 Å². The van der Waals surface area contributed by atoms with Crippen LogP contribution < -0.4 is 5.32 Å². The number of hydrogen-bond donors (Lipinski definition) is 2. The molecule has 2 rings (SSSR count). The molecule has 0 unspecified atom stereocenters. The van der Waals surface area contributed by atoms with Crippen LogP contribution in [0.2, 0.25) is 0 Å². The maximum atomic E-state index is 12.4. The fourth-order valence-corrected chi connectivity index (χ4v) is 3.46. The number of aryl methyl sites for hydroxylation is 1. The second-order valence-corrected chi connectivity index (χ2v) is 6.62. The molecule has 18 heavy (non-hydrogen) atoms. The Kier molecular flexibility index (Phi) is 3.72. The number of aliphatic hydroxyl groups is 1. The Bertz CT molecular complexity index is 513. The van der Waals surface area contributed by atoms with E-state index < -0.39 is 22.2 Å². The molecule has 1 saturated heterocycles. The van der Waals surface area contributed by atoms with E-state index in [1.165, 1.54) is 11.4 Å². The predicted molar refractivity (Wildman–Crippen MR) is 68.8 cm³/mol. The molecule has 2 N–H and O–H groups in total. The van der Waals surface area contributed by atoms with Crippen molar-refractivity contribution in [1.82, 2.24) is 9.62 Å². The van der Waals surface area contributed by atoms with E-state index >= 15 is 0 Å². The van der Waals surface area contributed by atoms with Crippen molar-refractivity contribution in [3.63, 3.8) is 0 Å². The number of aliphatic hydroxyl groups excluding tert-OH is 1. The van der Waals surface area contributed by atoms with Crippen LogP contribution >= 0.6 is 0 Å². The molecule has 0 amide bonds. The highest BCUT2D eigenvalue weighted by Gasteiger charge is 2.35. The third-order valence-corrected chi connectivity index (χ3v) is 5.21. The molecule has 0 saturated carbocycles. The van der Waals surface area contributed by atoms with E-state index in [9.17, 15) is 13.5 Å². The predicted octanol–water partition coefficient (Wildman–Crippen LogP) is -0.0518. The lowest BCUT2D eigenvalue weighted by Gasteiger charge is -2.25. The first-order chi connectivity index (χ1) is 8.43. The molecular weight excluding hydrogens is 252 g/mol. The normalized spacial score (nSPS) is 24.7. The standard InChI is InChI=1S/C12H18N2O3S/c1-9-3-5-10(6-4-9)18(16,17)14(2)11-7-13-8-12(11)15/h3-6,11-13,15H,7-8H2,1-2H3/t11-,12-/m0/s1. The minimum absolute atomic E-state index is 0.259. The van der Waals surface area contributed by atoms with Crippen LogP contribution in [0.4, 0.5) is 0 Å². The minimum Gasteiger partial charge on any atom is -0.390 e. The Balaban J connectivity index is 2.28. The molecule has 6 heteroatoms. The van der Waals surface area contributed by atoms with E-state index in [4.69, 9.17) is 0 Å². The first-order valence-electron chi connectivity index (χ1n) is 5.86. The second kappa shape index (κ2) is 4.97. The summed E-state index contributed by atoms with van der Waals surface area (Å²) in [4.78, 5) is 0.259. The van der Waals surface area contributed by atoms with E-state index in [-0.39, 0.29) is 4.90 Å². The van der Waals surface area contributed by atoms with Gasteiger partial charge in [0.25, 0.3) is 0 Å². The van der Waals surface area contributed by atoms with Gasteiger partial charge in [-0.3, -0.25) is 0 Å². The molecule has 1 aromatic rings. The number of nitrogens with one attached hydrogen (secondary N) is 1. The first-order valence-corrected chi connectivity index (χ1v) is 7.30. The molecule has 0 radical (unpaired) electrons. The van der Waals surface area contributed by atoms with Crippen LogP contribution in [0.25, 0.3) is 0 Å². The Morgan fingerprint density at radius 1 is 1.28 bits per heavy atom. The largest absolute Gasteiger partial charge is 0.390 e. The Morgan fingerprint density at radius 2 is 1.89 bits per heavy atom. The summed E-state index contributed by atoms with van der Waals surface area (Å²) >= 11 is 0. The maximum absolute atomic E-state index is 12.4. The van der Waals surface area contributed by atoms with Crippen LogP contribution in [0, 0.1) is 6.92 Å². The fraction of sp³-hybridized carbons (Fsp3) is 0.500. The van der Waals surface area contributed by atoms with Crippen LogP contribution in [-0.2, 0) is 10.0 Å². The molecule has 0 bridgehead atoms. The minimum atomic E-state index is -3.54. The lowest BCUT2D eigenvalue weighted by molar-refractivity contribution is 0.136. The van der Waals surface area contributed by atoms with Crippen molar-refractivity contribution in [2.75, 3.05) is 20.1 Å². The van der Waals surface area contributed by atoms with E-state index in [0.717, 1.165) is 5.56 Å². The summed E-state index contributed by atoms with van der Waals surface area (Å²) in [5.41, 5.74) is 1.01. The van der Waals surface area contributed by atoms with Crippen LogP contribution in [0.3, 0.4) is 0 Å². The lowest BCUT2D eigenvalue weighted by Crippen LogP contribution is -2.44. The Morgan fingerprint density at radius 3 is 2.39 bits per heavy atom. The number of benzene rings is 1. The quantitative estimate of drug-likeness (QED) is 0.808. The summed E-state index contributed by atoms with van der Waals surface area (Å²) in [7, 11) is -2.03. The third-order valence-electron chi connectivity index (χ3n) is 3.32.